The lowest BCUT2D eigenvalue weighted by atomic mass is 10.3. The third-order valence-electron chi connectivity index (χ3n) is 1.84. The maximum absolute atomic E-state index is 12.0. The zero-order valence-electron chi connectivity index (χ0n) is 8.89. The molecule has 0 unspecified atom stereocenters. The number of rotatable bonds is 4. The van der Waals surface area contributed by atoms with Crippen molar-refractivity contribution >= 4 is 15.9 Å². The molecule has 1 heterocycles. The van der Waals surface area contributed by atoms with Gasteiger partial charge in [0.2, 0.25) is 0 Å². The highest BCUT2D eigenvalue weighted by Gasteiger charge is 2.06. The molecule has 94 valence electrons. The second kappa shape index (κ2) is 5.72. The third-order valence-corrected chi connectivity index (χ3v) is 2.25. The van der Waals surface area contributed by atoms with Gasteiger partial charge in [-0.15, -0.1) is 0 Å². The smallest absolute Gasteiger partial charge is 0.387 e. The van der Waals surface area contributed by atoms with E-state index in [0.717, 1.165) is 0 Å². The van der Waals surface area contributed by atoms with Gasteiger partial charge in [0.05, 0.1) is 4.47 Å². The summed E-state index contributed by atoms with van der Waals surface area (Å²) in [7, 11) is 0. The number of halogens is 3. The van der Waals surface area contributed by atoms with E-state index in [1.54, 1.807) is 6.07 Å². The van der Waals surface area contributed by atoms with Crippen LogP contribution in [-0.2, 0) is 0 Å². The van der Waals surface area contributed by atoms with Gasteiger partial charge in [0, 0.05) is 18.5 Å². The van der Waals surface area contributed by atoms with Crippen LogP contribution in [0.25, 0.3) is 0 Å². The Morgan fingerprint density at radius 2 is 1.78 bits per heavy atom. The van der Waals surface area contributed by atoms with E-state index in [2.05, 4.69) is 30.6 Å². The van der Waals surface area contributed by atoms with Gasteiger partial charge in [-0.1, -0.05) is 6.07 Å². The Kier molecular flexibility index (Phi) is 4.03. The van der Waals surface area contributed by atoms with Crippen molar-refractivity contribution in [3.8, 4) is 17.5 Å². The monoisotopic (exact) mass is 316 g/mol. The van der Waals surface area contributed by atoms with Gasteiger partial charge in [0.15, 0.2) is 0 Å². The first-order valence-electron chi connectivity index (χ1n) is 4.84. The Bertz CT molecular complexity index is 523. The Morgan fingerprint density at radius 1 is 1.11 bits per heavy atom. The van der Waals surface area contributed by atoms with E-state index in [0.29, 0.717) is 10.2 Å². The van der Waals surface area contributed by atoms with E-state index < -0.39 is 6.61 Å². The van der Waals surface area contributed by atoms with E-state index in [1.807, 2.05) is 0 Å². The summed E-state index contributed by atoms with van der Waals surface area (Å²) in [5.74, 6) is 0.329. The van der Waals surface area contributed by atoms with Crippen molar-refractivity contribution in [3.05, 3.63) is 41.1 Å². The first kappa shape index (κ1) is 12.7. The van der Waals surface area contributed by atoms with Gasteiger partial charge >= 0.3 is 12.6 Å². The molecule has 1 aromatic carbocycles. The van der Waals surface area contributed by atoms with Crippen LogP contribution in [0, 0.1) is 0 Å². The van der Waals surface area contributed by atoms with Crippen LogP contribution in [0.2, 0.25) is 0 Å². The minimum Gasteiger partial charge on any atom is -0.435 e. The molecule has 0 aliphatic rings. The number of benzene rings is 1. The van der Waals surface area contributed by atoms with Crippen LogP contribution in [0.1, 0.15) is 0 Å². The normalized spacial score (nSPS) is 10.4. The van der Waals surface area contributed by atoms with E-state index in [1.165, 1.54) is 30.6 Å². The van der Waals surface area contributed by atoms with Gasteiger partial charge < -0.3 is 9.47 Å². The van der Waals surface area contributed by atoms with Crippen LogP contribution in [0.15, 0.2) is 41.1 Å². The third kappa shape index (κ3) is 3.63. The maximum atomic E-state index is 12.0. The summed E-state index contributed by atoms with van der Waals surface area (Å²) < 4.78 is 34.3. The van der Waals surface area contributed by atoms with E-state index in [4.69, 9.17) is 4.74 Å². The highest BCUT2D eigenvalue weighted by molar-refractivity contribution is 9.10. The molecule has 18 heavy (non-hydrogen) atoms. The molecular formula is C11H7BrF2N2O2. The molecule has 1 aromatic heterocycles. The molecule has 0 aliphatic carbocycles. The fourth-order valence-corrected chi connectivity index (χ4v) is 1.38. The summed E-state index contributed by atoms with van der Waals surface area (Å²) in [5, 5.41) is 0. The van der Waals surface area contributed by atoms with Crippen molar-refractivity contribution in [2.45, 2.75) is 6.61 Å². The predicted octanol–water partition coefficient (Wildman–Crippen LogP) is 3.63. The molecular weight excluding hydrogens is 310 g/mol. The highest BCUT2D eigenvalue weighted by atomic mass is 79.9. The van der Waals surface area contributed by atoms with Crippen LogP contribution >= 0.6 is 15.9 Å². The van der Waals surface area contributed by atoms with Crippen LogP contribution in [-0.4, -0.2) is 16.6 Å². The first-order chi connectivity index (χ1) is 8.63. The number of ether oxygens (including phenoxy) is 2. The molecule has 4 nitrogen and oxygen atoms in total. The summed E-state index contributed by atoms with van der Waals surface area (Å²) in [5.41, 5.74) is 0. The van der Waals surface area contributed by atoms with Crippen molar-refractivity contribution < 1.29 is 18.3 Å². The number of nitrogens with zero attached hydrogens (tertiary/aromatic N) is 2. The van der Waals surface area contributed by atoms with E-state index in [-0.39, 0.29) is 11.8 Å². The number of hydrogen-bond donors (Lipinski definition) is 0. The van der Waals surface area contributed by atoms with Crippen LogP contribution in [0.3, 0.4) is 0 Å². The lowest BCUT2D eigenvalue weighted by molar-refractivity contribution is -0.0499. The molecule has 2 rings (SSSR count). The predicted molar refractivity (Wildman–Crippen MR) is 62.9 cm³/mol. The highest BCUT2D eigenvalue weighted by Crippen LogP contribution is 2.24. The minimum absolute atomic E-state index is 0.0135. The van der Waals surface area contributed by atoms with Gasteiger partial charge in [-0.25, -0.2) is 9.97 Å². The maximum Gasteiger partial charge on any atom is 0.387 e. The Hall–Kier alpha value is -1.76. The number of alkyl halides is 2. The minimum atomic E-state index is -2.87. The second-order valence-corrected chi connectivity index (χ2v) is 4.05. The van der Waals surface area contributed by atoms with Crippen molar-refractivity contribution in [2.75, 3.05) is 0 Å². The lowest BCUT2D eigenvalue weighted by Crippen LogP contribution is -2.01. The quantitative estimate of drug-likeness (QED) is 0.864. The fourth-order valence-electron chi connectivity index (χ4n) is 1.17. The van der Waals surface area contributed by atoms with Crippen LogP contribution in [0.4, 0.5) is 8.78 Å². The van der Waals surface area contributed by atoms with Crippen LogP contribution < -0.4 is 9.47 Å². The standard InChI is InChI=1S/C11H7BrF2N2O2/c12-7-5-15-11(16-6-7)18-9-3-1-2-8(4-9)17-10(13)14/h1-6,10H. The molecule has 2 aromatic rings. The summed E-state index contributed by atoms with van der Waals surface area (Å²) in [4.78, 5) is 7.79. The average Bonchev–Trinajstić information content (AvgIpc) is 2.32. The topological polar surface area (TPSA) is 44.2 Å². The Balaban J connectivity index is 2.11. The zero-order valence-corrected chi connectivity index (χ0v) is 10.5. The average molecular weight is 317 g/mol. The summed E-state index contributed by atoms with van der Waals surface area (Å²) in [6.07, 6.45) is 3.03. The molecule has 0 amide bonds. The van der Waals surface area contributed by atoms with Crippen molar-refractivity contribution in [3.63, 3.8) is 0 Å². The van der Waals surface area contributed by atoms with Gasteiger partial charge in [-0.05, 0) is 28.1 Å². The van der Waals surface area contributed by atoms with E-state index >= 15 is 0 Å². The molecule has 0 N–H and O–H groups in total. The fraction of sp³-hybridized carbons (Fsp3) is 0.0909. The van der Waals surface area contributed by atoms with Crippen molar-refractivity contribution in [1.82, 2.24) is 9.97 Å². The van der Waals surface area contributed by atoms with Gasteiger partial charge in [0.1, 0.15) is 11.5 Å². The molecule has 7 heteroatoms. The zero-order chi connectivity index (χ0) is 13.0. The van der Waals surface area contributed by atoms with E-state index in [9.17, 15) is 8.78 Å². The molecule has 0 aliphatic heterocycles. The molecule has 0 saturated heterocycles. The van der Waals surface area contributed by atoms with Gasteiger partial charge in [0.25, 0.3) is 0 Å². The number of aromatic nitrogens is 2. The first-order valence-corrected chi connectivity index (χ1v) is 5.63. The van der Waals surface area contributed by atoms with Gasteiger partial charge in [-0.3, -0.25) is 0 Å². The molecule has 0 radical (unpaired) electrons. The SMILES string of the molecule is FC(F)Oc1cccc(Oc2ncc(Br)cn2)c1. The van der Waals surface area contributed by atoms with Gasteiger partial charge in [-0.2, -0.15) is 8.78 Å². The molecule has 0 bridgehead atoms. The summed E-state index contributed by atoms with van der Waals surface area (Å²) in [6, 6.07) is 5.97. The lowest BCUT2D eigenvalue weighted by Gasteiger charge is -2.07. The van der Waals surface area contributed by atoms with Crippen molar-refractivity contribution in [1.29, 1.82) is 0 Å². The summed E-state index contributed by atoms with van der Waals surface area (Å²) in [6.45, 7) is -2.87. The summed E-state index contributed by atoms with van der Waals surface area (Å²) >= 11 is 3.19. The Morgan fingerprint density at radius 3 is 2.44 bits per heavy atom. The molecule has 0 atom stereocenters. The molecule has 0 spiro atoms. The largest absolute Gasteiger partial charge is 0.435 e. The molecule has 0 saturated carbocycles. The van der Waals surface area contributed by atoms with Crippen molar-refractivity contribution in [2.24, 2.45) is 0 Å². The number of hydrogen-bond acceptors (Lipinski definition) is 4. The molecule has 0 fully saturated rings. The van der Waals surface area contributed by atoms with Crippen LogP contribution in [0.5, 0.6) is 17.5 Å². The second-order valence-electron chi connectivity index (χ2n) is 3.14. The Labute approximate surface area is 110 Å².